The van der Waals surface area contributed by atoms with E-state index in [-0.39, 0.29) is 36.3 Å². The second-order valence-corrected chi connectivity index (χ2v) is 8.59. The van der Waals surface area contributed by atoms with Gasteiger partial charge in [0, 0.05) is 30.3 Å². The lowest BCUT2D eigenvalue weighted by Gasteiger charge is -2.38. The van der Waals surface area contributed by atoms with E-state index in [4.69, 9.17) is 5.73 Å². The zero-order valence-corrected chi connectivity index (χ0v) is 16.2. The highest BCUT2D eigenvalue weighted by Gasteiger charge is 2.41. The van der Waals surface area contributed by atoms with Crippen molar-refractivity contribution in [2.75, 3.05) is 24.7 Å². The molecule has 0 aromatic rings. The smallest absolute Gasteiger partial charge is 0.246 e. The first kappa shape index (κ1) is 20.6. The fourth-order valence-corrected chi connectivity index (χ4v) is 4.27. The van der Waals surface area contributed by atoms with Crippen molar-refractivity contribution in [2.45, 2.75) is 52.6 Å². The molecule has 23 heavy (non-hydrogen) atoms. The number of piperidine rings is 1. The first-order valence-electron chi connectivity index (χ1n) is 8.15. The quantitative estimate of drug-likeness (QED) is 0.814. The van der Waals surface area contributed by atoms with Crippen LogP contribution in [-0.4, -0.2) is 58.4 Å². The Bertz CT molecular complexity index is 440. The van der Waals surface area contributed by atoms with Crippen molar-refractivity contribution in [2.24, 2.45) is 17.1 Å². The van der Waals surface area contributed by atoms with E-state index in [1.807, 2.05) is 32.6 Å². The Labute approximate surface area is 150 Å². The van der Waals surface area contributed by atoms with E-state index in [2.05, 4.69) is 0 Å². The van der Waals surface area contributed by atoms with E-state index in [1.165, 1.54) is 0 Å². The molecule has 2 saturated heterocycles. The molecular weight excluding hydrogens is 334 g/mol. The molecule has 0 saturated carbocycles. The lowest BCUT2D eigenvalue weighted by atomic mass is 9.91. The maximum Gasteiger partial charge on any atom is 0.246 e. The van der Waals surface area contributed by atoms with E-state index in [0.29, 0.717) is 17.5 Å². The molecule has 2 rings (SSSR count). The Morgan fingerprint density at radius 3 is 2.52 bits per heavy atom. The maximum absolute atomic E-state index is 12.9. The van der Waals surface area contributed by atoms with Crippen LogP contribution in [0.4, 0.5) is 0 Å². The van der Waals surface area contributed by atoms with Gasteiger partial charge >= 0.3 is 0 Å². The summed E-state index contributed by atoms with van der Waals surface area (Å²) < 4.78 is 0. The number of nitrogens with zero attached hydrogens (tertiary/aromatic N) is 2. The number of hydrogen-bond donors (Lipinski definition) is 1. The van der Waals surface area contributed by atoms with Crippen LogP contribution in [0, 0.1) is 11.3 Å². The third kappa shape index (κ3) is 4.77. The summed E-state index contributed by atoms with van der Waals surface area (Å²) in [5, 5.41) is 0. The highest BCUT2D eigenvalue weighted by atomic mass is 35.5. The molecule has 2 aliphatic rings. The number of thioether (sulfide) groups is 1. The molecule has 3 unspecified atom stereocenters. The fourth-order valence-electron chi connectivity index (χ4n) is 3.13. The van der Waals surface area contributed by atoms with Gasteiger partial charge in [0.2, 0.25) is 11.8 Å². The van der Waals surface area contributed by atoms with Gasteiger partial charge in [0.15, 0.2) is 0 Å². The van der Waals surface area contributed by atoms with E-state index in [1.54, 1.807) is 16.7 Å². The highest BCUT2D eigenvalue weighted by Crippen LogP contribution is 2.29. The topological polar surface area (TPSA) is 66.6 Å². The Hall–Kier alpha value is -0.460. The SMILES string of the molecule is CC(N)C1CCCN(C(=O)C2CSCN2C(=O)C(C)(C)C)C1.Cl. The van der Waals surface area contributed by atoms with Crippen LogP contribution in [0.15, 0.2) is 0 Å². The molecule has 2 aliphatic heterocycles. The summed E-state index contributed by atoms with van der Waals surface area (Å²) in [4.78, 5) is 29.1. The number of likely N-dealkylation sites (tertiary alicyclic amines) is 1. The van der Waals surface area contributed by atoms with E-state index < -0.39 is 5.41 Å². The minimum absolute atomic E-state index is 0. The number of rotatable bonds is 2. The standard InChI is InChI=1S/C16H29N3O2S.ClH/c1-11(17)12-6-5-7-18(8-12)14(20)13-9-22-10-19(13)15(21)16(2,3)4;/h11-13H,5-10,17H2,1-4H3;1H. The lowest BCUT2D eigenvalue weighted by Crippen LogP contribution is -2.54. The molecule has 0 aromatic heterocycles. The number of hydrogen-bond acceptors (Lipinski definition) is 4. The predicted octanol–water partition coefficient (Wildman–Crippen LogP) is 1.94. The zero-order valence-electron chi connectivity index (χ0n) is 14.6. The summed E-state index contributed by atoms with van der Waals surface area (Å²) in [5.41, 5.74) is 5.56. The molecule has 3 atom stereocenters. The van der Waals surface area contributed by atoms with Crippen LogP contribution in [0.3, 0.4) is 0 Å². The van der Waals surface area contributed by atoms with Gasteiger partial charge < -0.3 is 15.5 Å². The molecule has 0 aromatic carbocycles. The van der Waals surface area contributed by atoms with Crippen LogP contribution in [0.25, 0.3) is 0 Å². The molecule has 2 N–H and O–H groups in total. The minimum Gasteiger partial charge on any atom is -0.341 e. The van der Waals surface area contributed by atoms with Gasteiger partial charge in [0.25, 0.3) is 0 Å². The van der Waals surface area contributed by atoms with Gasteiger partial charge in [0.1, 0.15) is 6.04 Å². The first-order chi connectivity index (χ1) is 10.2. The molecule has 7 heteroatoms. The van der Waals surface area contributed by atoms with Crippen LogP contribution in [0.2, 0.25) is 0 Å². The van der Waals surface area contributed by atoms with Crippen molar-refractivity contribution in [1.29, 1.82) is 0 Å². The largest absolute Gasteiger partial charge is 0.341 e. The monoisotopic (exact) mass is 363 g/mol. The number of nitrogens with two attached hydrogens (primary N) is 1. The van der Waals surface area contributed by atoms with E-state index in [0.717, 1.165) is 25.9 Å². The van der Waals surface area contributed by atoms with Crippen molar-refractivity contribution >= 4 is 36.0 Å². The predicted molar refractivity (Wildman–Crippen MR) is 97.6 cm³/mol. The second-order valence-electron chi connectivity index (χ2n) is 7.59. The zero-order chi connectivity index (χ0) is 16.5. The minimum atomic E-state index is -0.445. The maximum atomic E-state index is 12.9. The van der Waals surface area contributed by atoms with Gasteiger partial charge in [-0.25, -0.2) is 0 Å². The number of halogens is 1. The molecule has 0 spiro atoms. The Kier molecular flexibility index (Phi) is 7.23. The van der Waals surface area contributed by atoms with Crippen LogP contribution in [0.1, 0.15) is 40.5 Å². The van der Waals surface area contributed by atoms with Gasteiger partial charge in [-0.15, -0.1) is 24.2 Å². The molecule has 5 nitrogen and oxygen atoms in total. The molecule has 0 aliphatic carbocycles. The van der Waals surface area contributed by atoms with Gasteiger partial charge in [-0.3, -0.25) is 9.59 Å². The fraction of sp³-hybridized carbons (Fsp3) is 0.875. The Morgan fingerprint density at radius 1 is 1.30 bits per heavy atom. The van der Waals surface area contributed by atoms with Crippen molar-refractivity contribution < 1.29 is 9.59 Å². The van der Waals surface area contributed by atoms with Crippen molar-refractivity contribution in [3.8, 4) is 0 Å². The lowest BCUT2D eigenvalue weighted by molar-refractivity contribution is -0.148. The summed E-state index contributed by atoms with van der Waals surface area (Å²) in [5.74, 6) is 1.87. The first-order valence-corrected chi connectivity index (χ1v) is 9.30. The number of amides is 2. The number of carbonyl (C=O) groups excluding carboxylic acids is 2. The Balaban J connectivity index is 0.00000264. The van der Waals surface area contributed by atoms with Gasteiger partial charge in [-0.05, 0) is 25.7 Å². The Morgan fingerprint density at radius 2 is 1.96 bits per heavy atom. The van der Waals surface area contributed by atoms with E-state index >= 15 is 0 Å². The molecule has 0 radical (unpaired) electrons. The summed E-state index contributed by atoms with van der Waals surface area (Å²) >= 11 is 1.67. The normalized spacial score (nSPS) is 26.7. The van der Waals surface area contributed by atoms with Gasteiger partial charge in [-0.2, -0.15) is 0 Å². The molecule has 2 heterocycles. The molecule has 2 fully saturated rings. The summed E-state index contributed by atoms with van der Waals surface area (Å²) in [6.45, 7) is 9.27. The third-order valence-electron chi connectivity index (χ3n) is 4.58. The van der Waals surface area contributed by atoms with Crippen LogP contribution in [0.5, 0.6) is 0 Å². The summed E-state index contributed by atoms with van der Waals surface area (Å²) in [6, 6.07) is -0.190. The van der Waals surface area contributed by atoms with Crippen molar-refractivity contribution in [3.05, 3.63) is 0 Å². The average molecular weight is 364 g/mol. The van der Waals surface area contributed by atoms with Crippen molar-refractivity contribution in [3.63, 3.8) is 0 Å². The van der Waals surface area contributed by atoms with Gasteiger partial charge in [-0.1, -0.05) is 20.8 Å². The van der Waals surface area contributed by atoms with E-state index in [9.17, 15) is 9.59 Å². The second kappa shape index (κ2) is 8.08. The highest BCUT2D eigenvalue weighted by molar-refractivity contribution is 7.99. The number of carbonyl (C=O) groups is 2. The molecule has 0 bridgehead atoms. The molecule has 134 valence electrons. The third-order valence-corrected chi connectivity index (χ3v) is 5.60. The summed E-state index contributed by atoms with van der Waals surface area (Å²) in [6.07, 6.45) is 2.09. The molecular formula is C16H30ClN3O2S. The summed E-state index contributed by atoms with van der Waals surface area (Å²) in [7, 11) is 0. The van der Waals surface area contributed by atoms with Crippen LogP contribution in [-0.2, 0) is 9.59 Å². The molecule has 2 amide bonds. The average Bonchev–Trinajstić information content (AvgIpc) is 2.93. The van der Waals surface area contributed by atoms with Crippen LogP contribution >= 0.6 is 24.2 Å². The van der Waals surface area contributed by atoms with Crippen molar-refractivity contribution in [1.82, 2.24) is 9.80 Å². The van der Waals surface area contributed by atoms with Crippen LogP contribution < -0.4 is 5.73 Å². The van der Waals surface area contributed by atoms with Gasteiger partial charge in [0.05, 0.1) is 5.88 Å².